The van der Waals surface area contributed by atoms with Gasteiger partial charge in [0, 0.05) is 6.54 Å². The summed E-state index contributed by atoms with van der Waals surface area (Å²) in [6, 6.07) is 7.26. The van der Waals surface area contributed by atoms with Crippen LogP contribution in [0.2, 0.25) is 0 Å². The van der Waals surface area contributed by atoms with Crippen LogP contribution in [-0.2, 0) is 19.1 Å². The van der Waals surface area contributed by atoms with Crippen LogP contribution in [0.25, 0.3) is 0 Å². The zero-order valence-corrected chi connectivity index (χ0v) is 14.1. The highest BCUT2D eigenvalue weighted by molar-refractivity contribution is 6.19. The second-order valence-electron chi connectivity index (χ2n) is 5.41. The largest absolute Gasteiger partial charge is 0.490 e. The molecule has 0 atom stereocenters. The molecule has 0 fully saturated rings. The van der Waals surface area contributed by atoms with Crippen molar-refractivity contribution >= 4 is 17.4 Å². The van der Waals surface area contributed by atoms with Gasteiger partial charge in [0.1, 0.15) is 12.4 Å². The molecule has 0 saturated heterocycles. The van der Waals surface area contributed by atoms with Crippen LogP contribution in [0.15, 0.2) is 35.7 Å². The number of carbonyl (C=O) groups is 2. The lowest BCUT2D eigenvalue weighted by atomic mass is 10.2. The van der Waals surface area contributed by atoms with Crippen molar-refractivity contribution in [1.29, 1.82) is 0 Å². The van der Waals surface area contributed by atoms with Crippen LogP contribution in [0.3, 0.4) is 0 Å². The number of nitrogens with zero attached hydrogens (tertiary/aromatic N) is 1. The number of esters is 1. The predicted octanol–water partition coefficient (Wildman–Crippen LogP) is 1.41. The molecule has 24 heavy (non-hydrogen) atoms. The predicted molar refractivity (Wildman–Crippen MR) is 88.7 cm³/mol. The third-order valence-corrected chi connectivity index (χ3v) is 3.26. The van der Waals surface area contributed by atoms with E-state index in [0.717, 1.165) is 6.54 Å². The molecule has 0 aliphatic carbocycles. The summed E-state index contributed by atoms with van der Waals surface area (Å²) < 4.78 is 16.0. The van der Waals surface area contributed by atoms with E-state index in [2.05, 4.69) is 5.32 Å². The molecule has 2 rings (SSSR count). The van der Waals surface area contributed by atoms with Crippen LogP contribution in [0, 0.1) is 0 Å². The number of hydrogen-bond acceptors (Lipinski definition) is 7. The fourth-order valence-electron chi connectivity index (χ4n) is 2.07. The van der Waals surface area contributed by atoms with E-state index >= 15 is 0 Å². The van der Waals surface area contributed by atoms with Crippen molar-refractivity contribution in [1.82, 2.24) is 4.90 Å². The van der Waals surface area contributed by atoms with Crippen LogP contribution in [0.1, 0.15) is 6.92 Å². The zero-order valence-electron chi connectivity index (χ0n) is 14.1. The van der Waals surface area contributed by atoms with Gasteiger partial charge in [-0.05, 0) is 33.2 Å². The summed E-state index contributed by atoms with van der Waals surface area (Å²) in [5.41, 5.74) is 0.516. The first-order valence-electron chi connectivity index (χ1n) is 7.74. The van der Waals surface area contributed by atoms with Gasteiger partial charge in [0.15, 0.2) is 12.2 Å². The van der Waals surface area contributed by atoms with Crippen molar-refractivity contribution in [2.75, 3.05) is 45.8 Å². The van der Waals surface area contributed by atoms with Gasteiger partial charge in [-0.1, -0.05) is 12.1 Å². The highest BCUT2D eigenvalue weighted by Gasteiger charge is 2.32. The third-order valence-electron chi connectivity index (χ3n) is 3.26. The van der Waals surface area contributed by atoms with Crippen LogP contribution in [0.4, 0.5) is 5.69 Å². The minimum atomic E-state index is -0.687. The summed E-state index contributed by atoms with van der Waals surface area (Å²) >= 11 is 0. The highest BCUT2D eigenvalue weighted by atomic mass is 16.5. The Morgan fingerprint density at radius 1 is 1.33 bits per heavy atom. The standard InChI is InChI=1S/C17H22N2O5/c1-4-22-17(21)15-13(20)11-24-16(15)18-12-7-5-6-8-14(12)23-10-9-19(2)3/h5-8,18H,4,9-11H2,1-3H3. The fraction of sp³-hybridized carbons (Fsp3) is 0.412. The first-order chi connectivity index (χ1) is 11.5. The molecule has 7 nitrogen and oxygen atoms in total. The van der Waals surface area contributed by atoms with Crippen LogP contribution < -0.4 is 10.1 Å². The zero-order chi connectivity index (χ0) is 17.5. The molecule has 1 N–H and O–H groups in total. The van der Waals surface area contributed by atoms with Crippen molar-refractivity contribution in [3.8, 4) is 5.75 Å². The maximum Gasteiger partial charge on any atom is 0.347 e. The Morgan fingerprint density at radius 2 is 2.08 bits per heavy atom. The van der Waals surface area contributed by atoms with E-state index in [-0.39, 0.29) is 24.7 Å². The van der Waals surface area contributed by atoms with Gasteiger partial charge < -0.3 is 24.4 Å². The minimum absolute atomic E-state index is 0.0973. The average molecular weight is 334 g/mol. The van der Waals surface area contributed by atoms with E-state index < -0.39 is 11.8 Å². The van der Waals surface area contributed by atoms with Gasteiger partial charge in [-0.15, -0.1) is 0 Å². The monoisotopic (exact) mass is 334 g/mol. The number of ether oxygens (including phenoxy) is 3. The number of anilines is 1. The topological polar surface area (TPSA) is 77.1 Å². The molecule has 1 aliphatic heterocycles. The van der Waals surface area contributed by atoms with E-state index in [0.29, 0.717) is 18.0 Å². The van der Waals surface area contributed by atoms with Gasteiger partial charge in [-0.2, -0.15) is 0 Å². The van der Waals surface area contributed by atoms with Crippen LogP contribution in [-0.4, -0.2) is 57.1 Å². The number of likely N-dealkylation sites (N-methyl/N-ethyl adjacent to an activating group) is 1. The summed E-state index contributed by atoms with van der Waals surface area (Å²) in [5.74, 6) is -0.379. The summed E-state index contributed by atoms with van der Waals surface area (Å²) in [4.78, 5) is 25.8. The molecule has 0 amide bonds. The second-order valence-corrected chi connectivity index (χ2v) is 5.41. The number of ketones is 1. The molecule has 7 heteroatoms. The Hall–Kier alpha value is -2.54. The molecular formula is C17H22N2O5. The van der Waals surface area contributed by atoms with E-state index in [1.807, 2.05) is 31.1 Å². The van der Waals surface area contributed by atoms with Gasteiger partial charge in [-0.25, -0.2) is 4.79 Å². The molecule has 1 heterocycles. The third kappa shape index (κ3) is 4.48. The number of para-hydroxylation sites is 2. The normalized spacial score (nSPS) is 13.9. The molecule has 1 aliphatic rings. The smallest absolute Gasteiger partial charge is 0.347 e. The average Bonchev–Trinajstić information content (AvgIpc) is 2.89. The molecule has 1 aromatic carbocycles. The highest BCUT2D eigenvalue weighted by Crippen LogP contribution is 2.28. The van der Waals surface area contributed by atoms with Crippen molar-refractivity contribution in [3.05, 3.63) is 35.7 Å². The van der Waals surface area contributed by atoms with Crippen molar-refractivity contribution < 1.29 is 23.8 Å². The van der Waals surface area contributed by atoms with Gasteiger partial charge in [-0.3, -0.25) is 4.79 Å². The maximum atomic E-state index is 11.9. The first-order valence-corrected chi connectivity index (χ1v) is 7.74. The Balaban J connectivity index is 2.17. The molecule has 130 valence electrons. The molecule has 0 saturated carbocycles. The summed E-state index contributed by atoms with van der Waals surface area (Å²) in [6.45, 7) is 2.96. The maximum absolute atomic E-state index is 11.9. The molecular weight excluding hydrogens is 312 g/mol. The van der Waals surface area contributed by atoms with Gasteiger partial charge in [0.05, 0.1) is 12.3 Å². The van der Waals surface area contributed by atoms with Gasteiger partial charge in [0.2, 0.25) is 11.7 Å². The van der Waals surface area contributed by atoms with Gasteiger partial charge in [0.25, 0.3) is 0 Å². The molecule has 0 bridgehead atoms. The van der Waals surface area contributed by atoms with Crippen LogP contribution >= 0.6 is 0 Å². The van der Waals surface area contributed by atoms with E-state index in [9.17, 15) is 9.59 Å². The Labute approximate surface area is 141 Å². The molecule has 0 radical (unpaired) electrons. The summed E-state index contributed by atoms with van der Waals surface area (Å²) in [6.07, 6.45) is 0. The van der Waals surface area contributed by atoms with E-state index in [1.54, 1.807) is 19.1 Å². The quantitative estimate of drug-likeness (QED) is 0.569. The SMILES string of the molecule is CCOC(=O)C1=C(Nc2ccccc2OCCN(C)C)OCC1=O. The van der Waals surface area contributed by atoms with Gasteiger partial charge >= 0.3 is 5.97 Å². The van der Waals surface area contributed by atoms with Crippen molar-refractivity contribution in [2.45, 2.75) is 6.92 Å². The lowest BCUT2D eigenvalue weighted by Crippen LogP contribution is -2.20. The lowest BCUT2D eigenvalue weighted by Gasteiger charge is -2.15. The van der Waals surface area contributed by atoms with Crippen LogP contribution in [0.5, 0.6) is 5.75 Å². The van der Waals surface area contributed by atoms with Crippen molar-refractivity contribution in [3.63, 3.8) is 0 Å². The Bertz CT molecular complexity index is 640. The Morgan fingerprint density at radius 3 is 2.79 bits per heavy atom. The number of carbonyl (C=O) groups excluding carboxylic acids is 2. The number of nitrogens with one attached hydrogen (secondary N) is 1. The van der Waals surface area contributed by atoms with E-state index in [1.165, 1.54) is 0 Å². The number of benzene rings is 1. The number of Topliss-reactive ketones (excluding diaryl/α,β-unsaturated/α-hetero) is 1. The van der Waals surface area contributed by atoms with E-state index in [4.69, 9.17) is 14.2 Å². The number of hydrogen-bond donors (Lipinski definition) is 1. The fourth-order valence-corrected chi connectivity index (χ4v) is 2.07. The summed E-state index contributed by atoms with van der Waals surface area (Å²) in [7, 11) is 3.92. The summed E-state index contributed by atoms with van der Waals surface area (Å²) in [5, 5.41) is 2.96. The minimum Gasteiger partial charge on any atom is -0.490 e. The Kier molecular flexibility index (Phi) is 6.20. The van der Waals surface area contributed by atoms with Crippen molar-refractivity contribution in [2.24, 2.45) is 0 Å². The molecule has 0 spiro atoms. The first kappa shape index (κ1) is 17.8. The second kappa shape index (κ2) is 8.35. The molecule has 1 aromatic rings. The number of rotatable bonds is 8. The lowest BCUT2D eigenvalue weighted by molar-refractivity contribution is -0.139. The molecule has 0 aromatic heterocycles. The molecule has 0 unspecified atom stereocenters.